The van der Waals surface area contributed by atoms with Crippen LogP contribution < -0.4 is 5.73 Å². The molecule has 0 unspecified atom stereocenters. The van der Waals surface area contributed by atoms with Gasteiger partial charge in [0.1, 0.15) is 5.15 Å². The van der Waals surface area contributed by atoms with E-state index in [1.807, 2.05) is 12.1 Å². The third-order valence-corrected chi connectivity index (χ3v) is 4.26. The lowest BCUT2D eigenvalue weighted by Gasteiger charge is -2.24. The molecule has 0 saturated carbocycles. The lowest BCUT2D eigenvalue weighted by Crippen LogP contribution is -2.23. The smallest absolute Gasteiger partial charge is 0.129 e. The van der Waals surface area contributed by atoms with Crippen LogP contribution in [-0.2, 0) is 4.74 Å². The first-order chi connectivity index (χ1) is 11.2. The van der Waals surface area contributed by atoms with Gasteiger partial charge >= 0.3 is 0 Å². The second-order valence-corrected chi connectivity index (χ2v) is 5.93. The predicted octanol–water partition coefficient (Wildman–Crippen LogP) is 3.08. The number of halogens is 1. The zero-order valence-corrected chi connectivity index (χ0v) is 13.8. The largest absolute Gasteiger partial charge is 0.401 e. The average molecular weight is 331 g/mol. The van der Waals surface area contributed by atoms with Gasteiger partial charge in [-0.15, -0.1) is 0 Å². The molecule has 2 N–H and O–H groups in total. The molecule has 0 amide bonds. The van der Waals surface area contributed by atoms with E-state index in [2.05, 4.69) is 15.0 Å². The van der Waals surface area contributed by atoms with Gasteiger partial charge in [0, 0.05) is 55.4 Å². The number of fused-ring (bicyclic) bond motifs is 1. The summed E-state index contributed by atoms with van der Waals surface area (Å²) in [6, 6.07) is 5.54. The average Bonchev–Trinajstić information content (AvgIpc) is 2.59. The van der Waals surface area contributed by atoms with E-state index in [-0.39, 0.29) is 0 Å². The molecule has 0 atom stereocenters. The third kappa shape index (κ3) is 3.51. The van der Waals surface area contributed by atoms with E-state index in [9.17, 15) is 0 Å². The number of nitrogens with zero attached hydrogens (tertiary/aromatic N) is 3. The number of aromatic nitrogens is 2. The van der Waals surface area contributed by atoms with Crippen LogP contribution >= 0.6 is 11.6 Å². The molecule has 2 aromatic rings. The van der Waals surface area contributed by atoms with E-state index in [1.54, 1.807) is 25.5 Å². The Balaban J connectivity index is 2.06. The molecule has 1 aliphatic heterocycles. The van der Waals surface area contributed by atoms with E-state index in [0.29, 0.717) is 11.1 Å². The fraction of sp³-hybridized carbons (Fsp3) is 0.353. The molecule has 0 aliphatic carbocycles. The van der Waals surface area contributed by atoms with Crippen LogP contribution in [0.4, 0.5) is 0 Å². The SMILES string of the molecule is CN=CC(=C(N)C1CCOCC1)c1cnc2ccc(Cl)nc2c1. The lowest BCUT2D eigenvalue weighted by atomic mass is 9.91. The monoisotopic (exact) mass is 330 g/mol. The zero-order valence-electron chi connectivity index (χ0n) is 13.0. The summed E-state index contributed by atoms with van der Waals surface area (Å²) < 4.78 is 5.42. The van der Waals surface area contributed by atoms with Crippen molar-refractivity contribution < 1.29 is 4.74 Å². The Morgan fingerprint density at radius 3 is 2.87 bits per heavy atom. The summed E-state index contributed by atoms with van der Waals surface area (Å²) in [4.78, 5) is 12.9. The van der Waals surface area contributed by atoms with E-state index >= 15 is 0 Å². The molecule has 1 saturated heterocycles. The number of aliphatic imine (C=N–C) groups is 1. The molecular formula is C17H19ClN4O. The van der Waals surface area contributed by atoms with Crippen LogP contribution in [0.5, 0.6) is 0 Å². The van der Waals surface area contributed by atoms with Gasteiger partial charge in [-0.05, 0) is 31.0 Å². The molecule has 3 heterocycles. The topological polar surface area (TPSA) is 73.4 Å². The fourth-order valence-corrected chi connectivity index (χ4v) is 2.96. The molecule has 0 bridgehead atoms. The van der Waals surface area contributed by atoms with Gasteiger partial charge in [-0.25, -0.2) is 4.98 Å². The summed E-state index contributed by atoms with van der Waals surface area (Å²) in [7, 11) is 1.74. The highest BCUT2D eigenvalue weighted by molar-refractivity contribution is 6.29. The second kappa shape index (κ2) is 7.06. The highest BCUT2D eigenvalue weighted by atomic mass is 35.5. The van der Waals surface area contributed by atoms with Crippen LogP contribution in [0.15, 0.2) is 35.1 Å². The van der Waals surface area contributed by atoms with Gasteiger partial charge in [-0.1, -0.05) is 11.6 Å². The van der Waals surface area contributed by atoms with E-state index < -0.39 is 0 Å². The van der Waals surface area contributed by atoms with Gasteiger partial charge in [0.25, 0.3) is 0 Å². The highest BCUT2D eigenvalue weighted by Gasteiger charge is 2.19. The quantitative estimate of drug-likeness (QED) is 0.693. The van der Waals surface area contributed by atoms with Crippen LogP contribution in [-0.4, -0.2) is 36.4 Å². The number of hydrogen-bond donors (Lipinski definition) is 1. The predicted molar refractivity (Wildman–Crippen MR) is 93.6 cm³/mol. The number of hydrogen-bond acceptors (Lipinski definition) is 5. The Bertz CT molecular complexity index is 766. The van der Waals surface area contributed by atoms with Gasteiger partial charge in [-0.3, -0.25) is 9.98 Å². The molecule has 1 fully saturated rings. The summed E-state index contributed by atoms with van der Waals surface area (Å²) in [6.45, 7) is 1.49. The molecule has 0 spiro atoms. The van der Waals surface area contributed by atoms with Crippen molar-refractivity contribution in [3.8, 4) is 0 Å². The molecule has 0 aromatic carbocycles. The standard InChI is InChI=1S/C17H19ClN4O/c1-20-10-13(17(19)11-4-6-23-7-5-11)12-8-15-14(21-9-12)2-3-16(18)22-15/h2-3,8-11H,4-7,19H2,1H3. The molecule has 0 radical (unpaired) electrons. The molecule has 23 heavy (non-hydrogen) atoms. The summed E-state index contributed by atoms with van der Waals surface area (Å²) in [5, 5.41) is 0.448. The first-order valence-electron chi connectivity index (χ1n) is 7.61. The Hall–Kier alpha value is -1.98. The van der Waals surface area contributed by atoms with Crippen molar-refractivity contribution in [2.45, 2.75) is 12.8 Å². The maximum atomic E-state index is 6.44. The summed E-state index contributed by atoms with van der Waals surface area (Å²) >= 11 is 5.98. The van der Waals surface area contributed by atoms with Gasteiger partial charge in [-0.2, -0.15) is 0 Å². The van der Waals surface area contributed by atoms with Crippen molar-refractivity contribution >= 4 is 34.4 Å². The van der Waals surface area contributed by atoms with Crippen LogP contribution in [0.2, 0.25) is 5.15 Å². The Kier molecular flexibility index (Phi) is 4.88. The van der Waals surface area contributed by atoms with E-state index in [4.69, 9.17) is 22.1 Å². The van der Waals surface area contributed by atoms with E-state index in [1.165, 1.54) is 0 Å². The minimum atomic E-state index is 0.305. The van der Waals surface area contributed by atoms with Crippen LogP contribution in [0.1, 0.15) is 18.4 Å². The molecule has 6 heteroatoms. The maximum absolute atomic E-state index is 6.44. The van der Waals surface area contributed by atoms with Crippen LogP contribution in [0.25, 0.3) is 16.6 Å². The van der Waals surface area contributed by atoms with Gasteiger partial charge in [0.05, 0.1) is 11.0 Å². The summed E-state index contributed by atoms with van der Waals surface area (Å²) in [6.07, 6.45) is 5.45. The molecule has 2 aromatic heterocycles. The first kappa shape index (κ1) is 15.9. The first-order valence-corrected chi connectivity index (χ1v) is 7.99. The van der Waals surface area contributed by atoms with Crippen molar-refractivity contribution in [1.29, 1.82) is 0 Å². The minimum Gasteiger partial charge on any atom is -0.401 e. The van der Waals surface area contributed by atoms with Crippen molar-refractivity contribution in [2.75, 3.05) is 20.3 Å². The van der Waals surface area contributed by atoms with Gasteiger partial charge < -0.3 is 10.5 Å². The molecule has 1 aliphatic rings. The Morgan fingerprint density at radius 2 is 2.13 bits per heavy atom. The minimum absolute atomic E-state index is 0.305. The number of allylic oxidation sites excluding steroid dienone is 2. The van der Waals surface area contributed by atoms with E-state index in [0.717, 1.165) is 53.9 Å². The maximum Gasteiger partial charge on any atom is 0.129 e. The second-order valence-electron chi connectivity index (χ2n) is 5.54. The van der Waals surface area contributed by atoms with Gasteiger partial charge in [0.2, 0.25) is 0 Å². The number of nitrogens with two attached hydrogens (primary N) is 1. The fourth-order valence-electron chi connectivity index (χ4n) is 2.80. The molecular weight excluding hydrogens is 312 g/mol. The highest BCUT2D eigenvalue weighted by Crippen LogP contribution is 2.27. The van der Waals surface area contributed by atoms with Crippen molar-refractivity contribution in [1.82, 2.24) is 9.97 Å². The van der Waals surface area contributed by atoms with Gasteiger partial charge in [0.15, 0.2) is 0 Å². The summed E-state index contributed by atoms with van der Waals surface area (Å²) in [5.41, 5.74) is 10.6. The van der Waals surface area contributed by atoms with Crippen LogP contribution in [0, 0.1) is 5.92 Å². The number of ether oxygens (including phenoxy) is 1. The Labute approximate surface area is 140 Å². The molecule has 3 rings (SSSR count). The lowest BCUT2D eigenvalue weighted by molar-refractivity contribution is 0.0756. The van der Waals surface area contributed by atoms with Crippen LogP contribution in [0.3, 0.4) is 0 Å². The zero-order chi connectivity index (χ0) is 16.2. The van der Waals surface area contributed by atoms with Crippen molar-refractivity contribution in [3.05, 3.63) is 40.8 Å². The van der Waals surface area contributed by atoms with Crippen molar-refractivity contribution in [3.63, 3.8) is 0 Å². The normalized spacial score (nSPS) is 17.7. The third-order valence-electron chi connectivity index (χ3n) is 4.04. The Morgan fingerprint density at radius 1 is 1.35 bits per heavy atom. The summed E-state index contributed by atoms with van der Waals surface area (Å²) in [5.74, 6) is 0.305. The van der Waals surface area contributed by atoms with Crippen molar-refractivity contribution in [2.24, 2.45) is 16.6 Å². The molecule has 120 valence electrons. The molecule has 5 nitrogen and oxygen atoms in total. The number of pyridine rings is 2. The number of rotatable bonds is 3.